The van der Waals surface area contributed by atoms with Gasteiger partial charge in [-0.15, -0.1) is 0 Å². The Kier molecular flexibility index (Phi) is 3.35. The molecule has 1 aromatic rings. The molecule has 1 aromatic carbocycles. The molecule has 0 atom stereocenters. The van der Waals surface area contributed by atoms with Gasteiger partial charge in [0, 0.05) is 5.56 Å². The fourth-order valence-electron chi connectivity index (χ4n) is 1.23. The maximum Gasteiger partial charge on any atom is 0.348 e. The van der Waals surface area contributed by atoms with Crippen LogP contribution in [0.1, 0.15) is 15.9 Å². The summed E-state index contributed by atoms with van der Waals surface area (Å²) in [6, 6.07) is 0. The third kappa shape index (κ3) is 1.93. The maximum atomic E-state index is 13.5. The van der Waals surface area contributed by atoms with Crippen LogP contribution in [0.5, 0.6) is 0 Å². The molecule has 0 aliphatic rings. The number of ether oxygens (including phenoxy) is 1. The Bertz CT molecular complexity index is 516. The summed E-state index contributed by atoms with van der Waals surface area (Å²) in [5, 5.41) is 10.5. The zero-order valence-electron chi connectivity index (χ0n) is 8.71. The Balaban J connectivity index is 3.78. The van der Waals surface area contributed by atoms with Gasteiger partial charge in [-0.05, 0) is 6.92 Å². The smallest absolute Gasteiger partial charge is 0.348 e. The molecular weight excluding hydrogens is 243 g/mol. The van der Waals surface area contributed by atoms with Gasteiger partial charge in [0.25, 0.3) is 0 Å². The van der Waals surface area contributed by atoms with Crippen molar-refractivity contribution in [2.75, 3.05) is 7.11 Å². The van der Waals surface area contributed by atoms with Gasteiger partial charge >= 0.3 is 11.7 Å². The minimum Gasteiger partial charge on any atom is -0.465 e. The Morgan fingerprint density at radius 3 is 2.18 bits per heavy atom. The Morgan fingerprint density at radius 2 is 1.76 bits per heavy atom. The number of nitrogens with zero attached hydrogens (tertiary/aromatic N) is 1. The van der Waals surface area contributed by atoms with Crippen molar-refractivity contribution < 1.29 is 27.6 Å². The number of carbonyl (C=O) groups is 1. The van der Waals surface area contributed by atoms with Crippen molar-refractivity contribution in [1.29, 1.82) is 0 Å². The van der Waals surface area contributed by atoms with Crippen LogP contribution >= 0.6 is 0 Å². The number of halogens is 3. The molecule has 0 radical (unpaired) electrons. The molecule has 0 saturated heterocycles. The number of methoxy groups -OCH3 is 1. The minimum atomic E-state index is -1.89. The average Bonchev–Trinajstić information content (AvgIpc) is 2.29. The van der Waals surface area contributed by atoms with Crippen LogP contribution in [0, 0.1) is 34.5 Å². The number of rotatable bonds is 2. The van der Waals surface area contributed by atoms with E-state index in [4.69, 9.17) is 0 Å². The van der Waals surface area contributed by atoms with Crippen molar-refractivity contribution in [2.45, 2.75) is 6.92 Å². The Morgan fingerprint density at radius 1 is 1.24 bits per heavy atom. The normalized spacial score (nSPS) is 10.2. The molecule has 92 valence electrons. The van der Waals surface area contributed by atoms with E-state index in [-0.39, 0.29) is 0 Å². The molecule has 0 heterocycles. The SMILES string of the molecule is COC(=O)c1c(F)c(C)c(F)c(F)c1[N+](=O)[O-]. The van der Waals surface area contributed by atoms with Gasteiger partial charge in [0.05, 0.1) is 12.0 Å². The summed E-state index contributed by atoms with van der Waals surface area (Å²) in [5.41, 5.74) is -3.63. The zero-order valence-corrected chi connectivity index (χ0v) is 8.71. The van der Waals surface area contributed by atoms with Gasteiger partial charge in [-0.25, -0.2) is 13.6 Å². The van der Waals surface area contributed by atoms with E-state index in [0.717, 1.165) is 14.0 Å². The summed E-state index contributed by atoms with van der Waals surface area (Å²) in [6.07, 6.45) is 0. The van der Waals surface area contributed by atoms with Crippen molar-refractivity contribution in [2.24, 2.45) is 0 Å². The second-order valence-electron chi connectivity index (χ2n) is 3.04. The van der Waals surface area contributed by atoms with E-state index in [0.29, 0.717) is 0 Å². The van der Waals surface area contributed by atoms with E-state index in [1.807, 2.05) is 0 Å². The molecule has 0 bridgehead atoms. The standard InChI is InChI=1S/C9H6F3NO4/c1-3-5(10)4(9(14)17-2)8(13(15)16)7(12)6(3)11/h1-2H3. The first kappa shape index (κ1) is 12.9. The summed E-state index contributed by atoms with van der Waals surface area (Å²) in [5.74, 6) is -6.56. The quantitative estimate of drug-likeness (QED) is 0.348. The Labute approximate surface area is 93.0 Å². The van der Waals surface area contributed by atoms with Gasteiger partial charge in [-0.3, -0.25) is 10.1 Å². The first-order chi connectivity index (χ1) is 7.82. The second kappa shape index (κ2) is 4.40. The Hall–Kier alpha value is -2.12. The van der Waals surface area contributed by atoms with Crippen LogP contribution in [0.4, 0.5) is 18.9 Å². The van der Waals surface area contributed by atoms with Crippen LogP contribution < -0.4 is 0 Å². The van der Waals surface area contributed by atoms with Crippen molar-refractivity contribution in [3.05, 3.63) is 38.7 Å². The molecule has 0 N–H and O–H groups in total. The molecule has 8 heteroatoms. The number of esters is 1. The third-order valence-corrected chi connectivity index (χ3v) is 2.09. The maximum absolute atomic E-state index is 13.5. The predicted octanol–water partition coefficient (Wildman–Crippen LogP) is 2.11. The van der Waals surface area contributed by atoms with Crippen molar-refractivity contribution in [3.8, 4) is 0 Å². The number of hydrogen-bond acceptors (Lipinski definition) is 4. The molecule has 0 aliphatic heterocycles. The molecule has 0 amide bonds. The molecule has 0 spiro atoms. The monoisotopic (exact) mass is 249 g/mol. The lowest BCUT2D eigenvalue weighted by Crippen LogP contribution is -2.13. The first-order valence-corrected chi connectivity index (χ1v) is 4.22. The zero-order chi connectivity index (χ0) is 13.3. The molecule has 17 heavy (non-hydrogen) atoms. The highest BCUT2D eigenvalue weighted by molar-refractivity contribution is 5.94. The fraction of sp³-hybridized carbons (Fsp3) is 0.222. The summed E-state index contributed by atoms with van der Waals surface area (Å²) in [4.78, 5) is 20.2. The van der Waals surface area contributed by atoms with Gasteiger partial charge in [0.1, 0.15) is 0 Å². The van der Waals surface area contributed by atoms with Gasteiger partial charge in [-0.2, -0.15) is 4.39 Å². The van der Waals surface area contributed by atoms with Crippen LogP contribution in [0.3, 0.4) is 0 Å². The average molecular weight is 249 g/mol. The molecule has 1 rings (SSSR count). The van der Waals surface area contributed by atoms with E-state index in [1.165, 1.54) is 0 Å². The highest BCUT2D eigenvalue weighted by Gasteiger charge is 2.35. The van der Waals surface area contributed by atoms with Gasteiger partial charge in [0.15, 0.2) is 17.2 Å². The van der Waals surface area contributed by atoms with Crippen LogP contribution in [0.2, 0.25) is 0 Å². The van der Waals surface area contributed by atoms with Crippen LogP contribution in [-0.4, -0.2) is 18.0 Å². The first-order valence-electron chi connectivity index (χ1n) is 4.22. The molecule has 0 fully saturated rings. The van der Waals surface area contributed by atoms with Crippen molar-refractivity contribution >= 4 is 11.7 Å². The highest BCUT2D eigenvalue weighted by Crippen LogP contribution is 2.31. The van der Waals surface area contributed by atoms with Crippen molar-refractivity contribution in [3.63, 3.8) is 0 Å². The molecule has 0 aliphatic carbocycles. The summed E-state index contributed by atoms with van der Waals surface area (Å²) >= 11 is 0. The number of nitro groups is 1. The van der Waals surface area contributed by atoms with E-state index in [1.54, 1.807) is 0 Å². The lowest BCUT2D eigenvalue weighted by molar-refractivity contribution is -0.388. The summed E-state index contributed by atoms with van der Waals surface area (Å²) in [6.45, 7) is 0.851. The second-order valence-corrected chi connectivity index (χ2v) is 3.04. The van der Waals surface area contributed by atoms with E-state index >= 15 is 0 Å². The molecule has 5 nitrogen and oxygen atoms in total. The predicted molar refractivity (Wildman–Crippen MR) is 49.0 cm³/mol. The van der Waals surface area contributed by atoms with E-state index < -0.39 is 45.2 Å². The lowest BCUT2D eigenvalue weighted by Gasteiger charge is -2.07. The van der Waals surface area contributed by atoms with Crippen molar-refractivity contribution in [1.82, 2.24) is 0 Å². The largest absolute Gasteiger partial charge is 0.465 e. The van der Waals surface area contributed by atoms with Gasteiger partial charge in [0.2, 0.25) is 5.82 Å². The minimum absolute atomic E-state index is 0.825. The molecule has 0 saturated carbocycles. The summed E-state index contributed by atoms with van der Waals surface area (Å²) in [7, 11) is 0.835. The van der Waals surface area contributed by atoms with E-state index in [9.17, 15) is 28.1 Å². The number of nitro benzene ring substituents is 1. The fourth-order valence-corrected chi connectivity index (χ4v) is 1.23. The number of hydrogen-bond donors (Lipinski definition) is 0. The van der Waals surface area contributed by atoms with Gasteiger partial charge < -0.3 is 4.74 Å². The number of carbonyl (C=O) groups excluding carboxylic acids is 1. The third-order valence-electron chi connectivity index (χ3n) is 2.09. The van der Waals surface area contributed by atoms with Crippen LogP contribution in [0.15, 0.2) is 0 Å². The topological polar surface area (TPSA) is 69.4 Å². The molecule has 0 aromatic heterocycles. The van der Waals surface area contributed by atoms with Crippen LogP contribution in [-0.2, 0) is 4.74 Å². The number of benzene rings is 1. The summed E-state index contributed by atoms with van der Waals surface area (Å²) < 4.78 is 43.9. The van der Waals surface area contributed by atoms with Gasteiger partial charge in [-0.1, -0.05) is 0 Å². The molecule has 0 unspecified atom stereocenters. The lowest BCUT2D eigenvalue weighted by atomic mass is 10.1. The van der Waals surface area contributed by atoms with Crippen LogP contribution in [0.25, 0.3) is 0 Å². The molecular formula is C9H6F3NO4. The highest BCUT2D eigenvalue weighted by atomic mass is 19.2. The van der Waals surface area contributed by atoms with E-state index in [2.05, 4.69) is 4.74 Å².